The lowest BCUT2D eigenvalue weighted by atomic mass is 10.1. The molecule has 3 rings (SSSR count). The van der Waals surface area contributed by atoms with Gasteiger partial charge in [-0.05, 0) is 17.5 Å². The van der Waals surface area contributed by atoms with Gasteiger partial charge in [0.05, 0.1) is 18.9 Å². The predicted molar refractivity (Wildman–Crippen MR) is 83.1 cm³/mol. The maximum absolute atomic E-state index is 12.2. The Morgan fingerprint density at radius 2 is 1.80 bits per heavy atom. The molecule has 0 unspecified atom stereocenters. The molecule has 2 amide bonds. The fourth-order valence-electron chi connectivity index (χ4n) is 2.33. The first-order valence-electron chi connectivity index (χ1n) is 6.56. The molecule has 1 saturated heterocycles. The fraction of sp³-hybridized carbons (Fsp3) is 0.267. The van der Waals surface area contributed by atoms with Crippen molar-refractivity contribution in [2.75, 3.05) is 31.6 Å². The molecule has 2 aromatic rings. The van der Waals surface area contributed by atoms with Gasteiger partial charge in [-0.25, -0.2) is 4.79 Å². The summed E-state index contributed by atoms with van der Waals surface area (Å²) in [5.41, 5.74) is 0.834. The number of fused-ring (bicyclic) bond motifs is 1. The molecule has 0 atom stereocenters. The Morgan fingerprint density at radius 1 is 1.10 bits per heavy atom. The van der Waals surface area contributed by atoms with Crippen LogP contribution in [-0.4, -0.2) is 37.2 Å². The second-order valence-electron chi connectivity index (χ2n) is 4.67. The molecule has 1 aliphatic rings. The molecular weight excluding hydrogens is 320 g/mol. The summed E-state index contributed by atoms with van der Waals surface area (Å²) < 4.78 is 6.28. The number of halogens is 1. The third-order valence-electron chi connectivity index (χ3n) is 3.41. The van der Waals surface area contributed by atoms with Crippen LogP contribution < -0.4 is 5.32 Å². The second kappa shape index (κ2) is 5.81. The Morgan fingerprint density at radius 3 is 2.55 bits per heavy atom. The van der Waals surface area contributed by atoms with Gasteiger partial charge in [-0.3, -0.25) is 0 Å². The van der Waals surface area contributed by atoms with Crippen LogP contribution in [0, 0.1) is 0 Å². The fourth-order valence-corrected chi connectivity index (χ4v) is 2.81. The first-order chi connectivity index (χ1) is 9.75. The van der Waals surface area contributed by atoms with Gasteiger partial charge in [0.2, 0.25) is 0 Å². The third kappa shape index (κ3) is 2.64. The highest BCUT2D eigenvalue weighted by Crippen LogP contribution is 2.30. The average Bonchev–Trinajstić information content (AvgIpc) is 2.51. The van der Waals surface area contributed by atoms with Crippen molar-refractivity contribution in [3.05, 3.63) is 40.9 Å². The lowest BCUT2D eigenvalue weighted by Gasteiger charge is -2.27. The molecule has 2 aromatic carbocycles. The van der Waals surface area contributed by atoms with Gasteiger partial charge in [0.25, 0.3) is 0 Å². The molecule has 1 fully saturated rings. The van der Waals surface area contributed by atoms with Crippen LogP contribution in [0.2, 0.25) is 0 Å². The number of anilines is 1. The SMILES string of the molecule is O=C(Nc1ccc(Br)c2ccccc12)N1CCOCC1. The summed E-state index contributed by atoms with van der Waals surface area (Å²) in [6.07, 6.45) is 0. The number of rotatable bonds is 1. The molecule has 0 spiro atoms. The Balaban J connectivity index is 1.87. The van der Waals surface area contributed by atoms with Crippen LogP contribution in [0.3, 0.4) is 0 Å². The van der Waals surface area contributed by atoms with E-state index in [1.54, 1.807) is 4.90 Å². The van der Waals surface area contributed by atoms with Gasteiger partial charge in [-0.2, -0.15) is 0 Å². The minimum Gasteiger partial charge on any atom is -0.378 e. The number of nitrogens with one attached hydrogen (secondary N) is 1. The van der Waals surface area contributed by atoms with Crippen molar-refractivity contribution in [1.29, 1.82) is 0 Å². The molecule has 104 valence electrons. The van der Waals surface area contributed by atoms with Crippen molar-refractivity contribution in [1.82, 2.24) is 4.90 Å². The Labute approximate surface area is 125 Å². The van der Waals surface area contributed by atoms with Crippen LogP contribution in [0.5, 0.6) is 0 Å². The summed E-state index contributed by atoms with van der Waals surface area (Å²) in [4.78, 5) is 14.0. The molecule has 4 nitrogen and oxygen atoms in total. The van der Waals surface area contributed by atoms with E-state index in [4.69, 9.17) is 4.74 Å². The molecule has 0 bridgehead atoms. The summed E-state index contributed by atoms with van der Waals surface area (Å²) in [5.74, 6) is 0. The number of carbonyl (C=O) groups excluding carboxylic acids is 1. The van der Waals surface area contributed by atoms with E-state index < -0.39 is 0 Å². The van der Waals surface area contributed by atoms with E-state index in [9.17, 15) is 4.79 Å². The number of benzene rings is 2. The van der Waals surface area contributed by atoms with Crippen LogP contribution in [0.15, 0.2) is 40.9 Å². The molecule has 1 N–H and O–H groups in total. The molecule has 1 aliphatic heterocycles. The highest BCUT2D eigenvalue weighted by Gasteiger charge is 2.17. The first-order valence-corrected chi connectivity index (χ1v) is 7.36. The summed E-state index contributed by atoms with van der Waals surface area (Å²) in [6.45, 7) is 2.49. The van der Waals surface area contributed by atoms with Crippen LogP contribution in [0.1, 0.15) is 0 Å². The molecule has 1 heterocycles. The number of amides is 2. The zero-order valence-electron chi connectivity index (χ0n) is 10.9. The minimum atomic E-state index is -0.0687. The van der Waals surface area contributed by atoms with Gasteiger partial charge in [0.1, 0.15) is 0 Å². The summed E-state index contributed by atoms with van der Waals surface area (Å²) in [6, 6.07) is 11.8. The van der Waals surface area contributed by atoms with Crippen molar-refractivity contribution in [3.63, 3.8) is 0 Å². The van der Waals surface area contributed by atoms with Crippen molar-refractivity contribution in [2.45, 2.75) is 0 Å². The van der Waals surface area contributed by atoms with Crippen LogP contribution in [0.25, 0.3) is 10.8 Å². The molecule has 5 heteroatoms. The Kier molecular flexibility index (Phi) is 3.89. The molecule has 0 radical (unpaired) electrons. The standard InChI is InChI=1S/C15H15BrN2O2/c16-13-5-6-14(12-4-2-1-3-11(12)13)17-15(19)18-7-9-20-10-8-18/h1-6H,7-10H2,(H,17,19). The lowest BCUT2D eigenvalue weighted by molar-refractivity contribution is 0.0565. The lowest BCUT2D eigenvalue weighted by Crippen LogP contribution is -2.43. The normalized spacial score (nSPS) is 15.3. The van der Waals surface area contributed by atoms with Crippen LogP contribution in [0.4, 0.5) is 10.5 Å². The summed E-state index contributed by atoms with van der Waals surface area (Å²) in [5, 5.41) is 5.11. The summed E-state index contributed by atoms with van der Waals surface area (Å²) in [7, 11) is 0. The minimum absolute atomic E-state index is 0.0687. The van der Waals surface area contributed by atoms with Crippen molar-refractivity contribution in [2.24, 2.45) is 0 Å². The average molecular weight is 335 g/mol. The predicted octanol–water partition coefficient (Wildman–Crippen LogP) is 3.47. The second-order valence-corrected chi connectivity index (χ2v) is 5.52. The topological polar surface area (TPSA) is 41.6 Å². The van der Waals surface area contributed by atoms with Crippen molar-refractivity contribution in [3.8, 4) is 0 Å². The quantitative estimate of drug-likeness (QED) is 0.867. The molecular formula is C15H15BrN2O2. The van der Waals surface area contributed by atoms with E-state index in [1.165, 1.54) is 0 Å². The zero-order chi connectivity index (χ0) is 13.9. The highest BCUT2D eigenvalue weighted by atomic mass is 79.9. The Bertz CT molecular complexity index is 639. The van der Waals surface area contributed by atoms with Gasteiger partial charge in [0.15, 0.2) is 0 Å². The number of nitrogens with zero attached hydrogens (tertiary/aromatic N) is 1. The number of morpholine rings is 1. The van der Waals surface area contributed by atoms with Crippen molar-refractivity contribution < 1.29 is 9.53 Å². The van der Waals surface area contributed by atoms with E-state index in [-0.39, 0.29) is 6.03 Å². The first kappa shape index (κ1) is 13.4. The van der Waals surface area contributed by atoms with Crippen LogP contribution in [-0.2, 0) is 4.74 Å². The van der Waals surface area contributed by atoms with E-state index in [0.29, 0.717) is 26.3 Å². The maximum atomic E-state index is 12.2. The molecule has 0 saturated carbocycles. The smallest absolute Gasteiger partial charge is 0.322 e. The van der Waals surface area contributed by atoms with Gasteiger partial charge in [0, 0.05) is 22.9 Å². The van der Waals surface area contributed by atoms with E-state index in [0.717, 1.165) is 20.9 Å². The van der Waals surface area contributed by atoms with Gasteiger partial charge in [-0.15, -0.1) is 0 Å². The maximum Gasteiger partial charge on any atom is 0.322 e. The molecule has 0 aromatic heterocycles. The van der Waals surface area contributed by atoms with Crippen molar-refractivity contribution >= 4 is 38.4 Å². The Hall–Kier alpha value is -1.59. The number of ether oxygens (including phenoxy) is 1. The molecule has 20 heavy (non-hydrogen) atoms. The monoisotopic (exact) mass is 334 g/mol. The number of carbonyl (C=O) groups is 1. The number of hydrogen-bond donors (Lipinski definition) is 1. The van der Waals surface area contributed by atoms with E-state index >= 15 is 0 Å². The summed E-state index contributed by atoms with van der Waals surface area (Å²) >= 11 is 3.53. The van der Waals surface area contributed by atoms with Gasteiger partial charge in [-0.1, -0.05) is 40.2 Å². The van der Waals surface area contributed by atoms with Gasteiger partial charge < -0.3 is 15.0 Å². The number of hydrogen-bond acceptors (Lipinski definition) is 2. The van der Waals surface area contributed by atoms with E-state index in [1.807, 2.05) is 36.4 Å². The molecule has 0 aliphatic carbocycles. The largest absolute Gasteiger partial charge is 0.378 e. The van der Waals surface area contributed by atoms with E-state index in [2.05, 4.69) is 21.2 Å². The van der Waals surface area contributed by atoms with Gasteiger partial charge >= 0.3 is 6.03 Å². The zero-order valence-corrected chi connectivity index (χ0v) is 12.5. The van der Waals surface area contributed by atoms with Crippen LogP contribution >= 0.6 is 15.9 Å². The third-order valence-corrected chi connectivity index (χ3v) is 4.10. The highest BCUT2D eigenvalue weighted by molar-refractivity contribution is 9.10. The number of urea groups is 1.